The zero-order chi connectivity index (χ0) is 15.5. The van der Waals surface area contributed by atoms with E-state index in [0.717, 1.165) is 18.5 Å². The highest BCUT2D eigenvalue weighted by atomic mass is 16.4. The number of carbonyl (C=O) groups excluding carboxylic acids is 1. The summed E-state index contributed by atoms with van der Waals surface area (Å²) in [6.45, 7) is 2.65. The van der Waals surface area contributed by atoms with Crippen LogP contribution < -0.4 is 10.7 Å². The predicted molar refractivity (Wildman–Crippen MR) is 81.8 cm³/mol. The number of carbonyl (C=O) groups is 1. The minimum atomic E-state index is -0.573. The first-order valence-electron chi connectivity index (χ1n) is 7.65. The number of para-hydroxylation sites is 1. The van der Waals surface area contributed by atoms with E-state index in [1.165, 1.54) is 4.68 Å². The summed E-state index contributed by atoms with van der Waals surface area (Å²) in [7, 11) is 0. The molecule has 1 aliphatic heterocycles. The zero-order valence-electron chi connectivity index (χ0n) is 12.6. The van der Waals surface area contributed by atoms with Gasteiger partial charge in [0.1, 0.15) is 6.04 Å². The predicted octanol–water partition coefficient (Wildman–Crippen LogP) is 2.16. The summed E-state index contributed by atoms with van der Waals surface area (Å²) < 4.78 is 6.33. The number of amides is 1. The SMILES string of the molecule is CCCc1nn([C@@H]2CCCN(c3ccccc3)C2=O)c(=O)o1. The minimum absolute atomic E-state index is 0.101. The van der Waals surface area contributed by atoms with Crippen LogP contribution in [0.3, 0.4) is 0 Å². The van der Waals surface area contributed by atoms with Gasteiger partial charge in [-0.05, 0) is 31.4 Å². The van der Waals surface area contributed by atoms with Gasteiger partial charge in [-0.15, -0.1) is 5.10 Å². The first-order chi connectivity index (χ1) is 10.7. The fourth-order valence-corrected chi connectivity index (χ4v) is 2.79. The van der Waals surface area contributed by atoms with E-state index in [-0.39, 0.29) is 5.91 Å². The lowest BCUT2D eigenvalue weighted by Gasteiger charge is -2.31. The highest BCUT2D eigenvalue weighted by Crippen LogP contribution is 2.26. The molecule has 0 aliphatic carbocycles. The molecular weight excluding hydrogens is 282 g/mol. The van der Waals surface area contributed by atoms with Crippen LogP contribution in [-0.2, 0) is 11.2 Å². The van der Waals surface area contributed by atoms with Crippen molar-refractivity contribution in [2.75, 3.05) is 11.4 Å². The van der Waals surface area contributed by atoms with Crippen LogP contribution >= 0.6 is 0 Å². The molecule has 0 saturated carbocycles. The normalized spacial score (nSPS) is 18.7. The Morgan fingerprint density at radius 1 is 1.27 bits per heavy atom. The van der Waals surface area contributed by atoms with Crippen molar-refractivity contribution in [2.24, 2.45) is 0 Å². The fraction of sp³-hybridized carbons (Fsp3) is 0.438. The quantitative estimate of drug-likeness (QED) is 0.868. The van der Waals surface area contributed by atoms with Gasteiger partial charge in [0.25, 0.3) is 5.91 Å². The second-order valence-electron chi connectivity index (χ2n) is 5.44. The summed E-state index contributed by atoms with van der Waals surface area (Å²) in [4.78, 5) is 26.4. The molecule has 0 bridgehead atoms. The third kappa shape index (κ3) is 2.68. The average molecular weight is 301 g/mol. The molecule has 0 N–H and O–H groups in total. The maximum Gasteiger partial charge on any atom is 0.437 e. The Labute approximate surface area is 128 Å². The number of rotatable bonds is 4. The summed E-state index contributed by atoms with van der Waals surface area (Å²) in [5, 5.41) is 4.19. The topological polar surface area (TPSA) is 68.3 Å². The van der Waals surface area contributed by atoms with Crippen LogP contribution in [0.2, 0.25) is 0 Å². The van der Waals surface area contributed by atoms with Gasteiger partial charge in [-0.3, -0.25) is 4.79 Å². The molecule has 116 valence electrons. The van der Waals surface area contributed by atoms with Crippen LogP contribution in [0.1, 0.15) is 38.1 Å². The standard InChI is InChI=1S/C16H19N3O3/c1-2-7-14-17-19(16(21)22-14)13-10-6-11-18(15(13)20)12-8-4-3-5-9-12/h3-5,8-9,13H,2,6-7,10-11H2,1H3/t13-/m1/s1. The number of hydrogen-bond donors (Lipinski definition) is 0. The Bertz CT molecular complexity index is 705. The summed E-state index contributed by atoms with van der Waals surface area (Å²) in [5.41, 5.74) is 0.850. The van der Waals surface area contributed by atoms with Crippen LogP contribution in [0.4, 0.5) is 5.69 Å². The van der Waals surface area contributed by atoms with Crippen molar-refractivity contribution in [3.63, 3.8) is 0 Å². The highest BCUT2D eigenvalue weighted by molar-refractivity contribution is 5.96. The molecule has 3 rings (SSSR count). The number of nitrogens with zero attached hydrogens (tertiary/aromatic N) is 3. The Morgan fingerprint density at radius 2 is 2.05 bits per heavy atom. The van der Waals surface area contributed by atoms with E-state index in [1.807, 2.05) is 37.3 Å². The van der Waals surface area contributed by atoms with Gasteiger partial charge in [-0.1, -0.05) is 25.1 Å². The summed E-state index contributed by atoms with van der Waals surface area (Å²) in [5.74, 6) is -0.246. The lowest BCUT2D eigenvalue weighted by atomic mass is 10.0. The molecule has 0 unspecified atom stereocenters. The Morgan fingerprint density at radius 3 is 2.77 bits per heavy atom. The Hall–Kier alpha value is -2.37. The van der Waals surface area contributed by atoms with Gasteiger partial charge in [0.05, 0.1) is 0 Å². The van der Waals surface area contributed by atoms with Crippen molar-refractivity contribution in [1.29, 1.82) is 0 Å². The smallest absolute Gasteiger partial charge is 0.392 e. The third-order valence-corrected chi connectivity index (χ3v) is 3.85. The largest absolute Gasteiger partial charge is 0.437 e. The van der Waals surface area contributed by atoms with Gasteiger partial charge in [0, 0.05) is 18.7 Å². The van der Waals surface area contributed by atoms with Crippen LogP contribution in [0.15, 0.2) is 39.5 Å². The molecular formula is C16H19N3O3. The molecule has 1 aliphatic rings. The number of hydrogen-bond acceptors (Lipinski definition) is 4. The maximum absolute atomic E-state index is 12.7. The second kappa shape index (κ2) is 6.17. The van der Waals surface area contributed by atoms with Gasteiger partial charge in [0.15, 0.2) is 0 Å². The fourth-order valence-electron chi connectivity index (χ4n) is 2.79. The lowest BCUT2D eigenvalue weighted by Crippen LogP contribution is -2.44. The molecule has 1 atom stereocenters. The van der Waals surface area contributed by atoms with E-state index in [0.29, 0.717) is 25.3 Å². The molecule has 2 heterocycles. The van der Waals surface area contributed by atoms with E-state index < -0.39 is 11.8 Å². The van der Waals surface area contributed by atoms with Gasteiger partial charge >= 0.3 is 5.76 Å². The Kier molecular flexibility index (Phi) is 4.09. The van der Waals surface area contributed by atoms with Crippen LogP contribution in [-0.4, -0.2) is 22.2 Å². The number of benzene rings is 1. The number of anilines is 1. The van der Waals surface area contributed by atoms with Crippen molar-refractivity contribution in [1.82, 2.24) is 9.78 Å². The van der Waals surface area contributed by atoms with E-state index in [4.69, 9.17) is 4.42 Å². The van der Waals surface area contributed by atoms with Crippen molar-refractivity contribution < 1.29 is 9.21 Å². The van der Waals surface area contributed by atoms with Crippen molar-refractivity contribution in [3.05, 3.63) is 46.8 Å². The van der Waals surface area contributed by atoms with Crippen LogP contribution in [0.5, 0.6) is 0 Å². The van der Waals surface area contributed by atoms with Crippen LogP contribution in [0.25, 0.3) is 0 Å². The van der Waals surface area contributed by atoms with Crippen molar-refractivity contribution in [3.8, 4) is 0 Å². The molecule has 0 radical (unpaired) electrons. The van der Waals surface area contributed by atoms with E-state index in [1.54, 1.807) is 4.90 Å². The molecule has 1 saturated heterocycles. The highest BCUT2D eigenvalue weighted by Gasteiger charge is 2.33. The monoisotopic (exact) mass is 301 g/mol. The molecule has 1 fully saturated rings. The summed E-state index contributed by atoms with van der Waals surface area (Å²) in [6.07, 6.45) is 2.88. The zero-order valence-corrected chi connectivity index (χ0v) is 12.6. The molecule has 6 heteroatoms. The van der Waals surface area contributed by atoms with Crippen LogP contribution in [0, 0.1) is 0 Å². The minimum Gasteiger partial charge on any atom is -0.392 e. The number of piperidine rings is 1. The summed E-state index contributed by atoms with van der Waals surface area (Å²) in [6, 6.07) is 8.93. The maximum atomic E-state index is 12.7. The third-order valence-electron chi connectivity index (χ3n) is 3.85. The molecule has 1 amide bonds. The first-order valence-corrected chi connectivity index (χ1v) is 7.65. The summed E-state index contributed by atoms with van der Waals surface area (Å²) >= 11 is 0. The van der Waals surface area contributed by atoms with E-state index in [2.05, 4.69) is 5.10 Å². The van der Waals surface area contributed by atoms with E-state index in [9.17, 15) is 9.59 Å². The molecule has 1 aromatic heterocycles. The molecule has 22 heavy (non-hydrogen) atoms. The second-order valence-corrected chi connectivity index (χ2v) is 5.44. The number of aryl methyl sites for hydroxylation is 1. The molecule has 0 spiro atoms. The molecule has 6 nitrogen and oxygen atoms in total. The van der Waals surface area contributed by atoms with Gasteiger partial charge in [0.2, 0.25) is 5.89 Å². The lowest BCUT2D eigenvalue weighted by molar-refractivity contribution is -0.123. The molecule has 1 aromatic carbocycles. The van der Waals surface area contributed by atoms with E-state index >= 15 is 0 Å². The van der Waals surface area contributed by atoms with Crippen molar-refractivity contribution in [2.45, 2.75) is 38.6 Å². The molecule has 2 aromatic rings. The average Bonchev–Trinajstić information content (AvgIpc) is 2.89. The van der Waals surface area contributed by atoms with Gasteiger partial charge in [-0.2, -0.15) is 4.68 Å². The first kappa shape index (κ1) is 14.6. The van der Waals surface area contributed by atoms with Crippen molar-refractivity contribution >= 4 is 11.6 Å². The van der Waals surface area contributed by atoms with Gasteiger partial charge < -0.3 is 9.32 Å². The van der Waals surface area contributed by atoms with Gasteiger partial charge in [-0.25, -0.2) is 4.79 Å². The number of aromatic nitrogens is 2. The Balaban J connectivity index is 1.88.